The van der Waals surface area contributed by atoms with Gasteiger partial charge in [-0.05, 0) is 30.2 Å². The van der Waals surface area contributed by atoms with E-state index in [4.69, 9.17) is 0 Å². The molecule has 0 aliphatic heterocycles. The average molecular weight is 406 g/mol. The van der Waals surface area contributed by atoms with Crippen molar-refractivity contribution in [1.29, 1.82) is 0 Å². The highest BCUT2D eigenvalue weighted by Crippen LogP contribution is 2.29. The molecule has 0 unspecified atom stereocenters. The van der Waals surface area contributed by atoms with Gasteiger partial charge in [-0.15, -0.1) is 0 Å². The summed E-state index contributed by atoms with van der Waals surface area (Å²) in [5.41, 5.74) is 1.03. The predicted octanol–water partition coefficient (Wildman–Crippen LogP) is 3.42. The third-order valence-electron chi connectivity index (χ3n) is 4.32. The Kier molecular flexibility index (Phi) is 8.06. The molecule has 2 rings (SSSR count). The lowest BCUT2D eigenvalue weighted by Gasteiger charge is -2.22. The van der Waals surface area contributed by atoms with Gasteiger partial charge in [0.05, 0.1) is 12.1 Å². The quantitative estimate of drug-likeness (QED) is 0.547. The summed E-state index contributed by atoms with van der Waals surface area (Å²) < 4.78 is 37.8. The van der Waals surface area contributed by atoms with Gasteiger partial charge in [0.25, 0.3) is 0 Å². The first kappa shape index (κ1) is 22.3. The minimum Gasteiger partial charge on any atom is -0.352 e. The second-order valence-electron chi connectivity index (χ2n) is 6.37. The van der Waals surface area contributed by atoms with Gasteiger partial charge in [-0.3, -0.25) is 9.79 Å². The van der Waals surface area contributed by atoms with E-state index in [2.05, 4.69) is 15.6 Å². The molecule has 0 bridgehead atoms. The summed E-state index contributed by atoms with van der Waals surface area (Å²) in [5, 5.41) is 5.94. The van der Waals surface area contributed by atoms with Crippen LogP contribution < -0.4 is 10.6 Å². The molecule has 1 amide bonds. The zero-order valence-electron chi connectivity index (χ0n) is 16.5. The summed E-state index contributed by atoms with van der Waals surface area (Å²) >= 11 is 0. The number of carbonyl (C=O) groups is 1. The van der Waals surface area contributed by atoms with Crippen LogP contribution in [0.25, 0.3) is 0 Å². The Morgan fingerprint density at radius 2 is 1.66 bits per heavy atom. The Hall–Kier alpha value is -3.03. The maximum absolute atomic E-state index is 12.6. The standard InChI is InChI=1S/C21H25F3N4O/c1-3-28(15-17-7-5-4-6-8-17)19(29)14-27-20(25-2)26-13-16-9-11-18(12-10-16)21(22,23)24/h4-12H,3,13-15H2,1-2H3,(H2,25,26,27). The SMILES string of the molecule is CCN(Cc1ccccc1)C(=O)CNC(=NC)NCc1ccc(C(F)(F)F)cc1. The highest BCUT2D eigenvalue weighted by Gasteiger charge is 2.29. The maximum atomic E-state index is 12.6. The van der Waals surface area contributed by atoms with Crippen molar-refractivity contribution < 1.29 is 18.0 Å². The van der Waals surface area contributed by atoms with Gasteiger partial charge in [-0.1, -0.05) is 42.5 Å². The van der Waals surface area contributed by atoms with E-state index in [-0.39, 0.29) is 19.0 Å². The number of hydrogen-bond donors (Lipinski definition) is 2. The van der Waals surface area contributed by atoms with Crippen molar-refractivity contribution >= 4 is 11.9 Å². The van der Waals surface area contributed by atoms with Crippen molar-refractivity contribution in [2.75, 3.05) is 20.1 Å². The van der Waals surface area contributed by atoms with E-state index in [0.717, 1.165) is 17.7 Å². The Morgan fingerprint density at radius 1 is 1.00 bits per heavy atom. The Balaban J connectivity index is 1.84. The van der Waals surface area contributed by atoms with Gasteiger partial charge in [-0.2, -0.15) is 13.2 Å². The van der Waals surface area contributed by atoms with Crippen LogP contribution in [0.1, 0.15) is 23.6 Å². The predicted molar refractivity (Wildman–Crippen MR) is 107 cm³/mol. The van der Waals surface area contributed by atoms with Crippen LogP contribution in [0.4, 0.5) is 13.2 Å². The van der Waals surface area contributed by atoms with Crippen molar-refractivity contribution in [2.45, 2.75) is 26.2 Å². The number of guanidine groups is 1. The number of benzene rings is 2. The van der Waals surface area contributed by atoms with Gasteiger partial charge in [0.15, 0.2) is 5.96 Å². The van der Waals surface area contributed by atoms with Gasteiger partial charge in [0.2, 0.25) is 5.91 Å². The maximum Gasteiger partial charge on any atom is 0.416 e. The third-order valence-corrected chi connectivity index (χ3v) is 4.32. The van der Waals surface area contributed by atoms with Gasteiger partial charge < -0.3 is 15.5 Å². The molecule has 0 radical (unpaired) electrons. The minimum absolute atomic E-state index is 0.0629. The average Bonchev–Trinajstić information content (AvgIpc) is 2.72. The molecular formula is C21H25F3N4O. The van der Waals surface area contributed by atoms with Crippen LogP contribution in [-0.4, -0.2) is 36.9 Å². The number of carbonyl (C=O) groups excluding carboxylic acids is 1. The van der Waals surface area contributed by atoms with Crippen molar-refractivity contribution in [1.82, 2.24) is 15.5 Å². The van der Waals surface area contributed by atoms with Crippen LogP contribution in [0.15, 0.2) is 59.6 Å². The molecule has 0 saturated carbocycles. The minimum atomic E-state index is -4.35. The molecule has 156 valence electrons. The Labute approximate surface area is 168 Å². The summed E-state index contributed by atoms with van der Waals surface area (Å²) in [6.07, 6.45) is -4.35. The van der Waals surface area contributed by atoms with Crippen molar-refractivity contribution in [2.24, 2.45) is 4.99 Å². The lowest BCUT2D eigenvalue weighted by atomic mass is 10.1. The molecule has 29 heavy (non-hydrogen) atoms. The molecular weight excluding hydrogens is 381 g/mol. The summed E-state index contributed by atoms with van der Waals surface area (Å²) in [4.78, 5) is 18.3. The van der Waals surface area contributed by atoms with Crippen LogP contribution in [0.3, 0.4) is 0 Å². The van der Waals surface area contributed by atoms with E-state index >= 15 is 0 Å². The Bertz CT molecular complexity index is 805. The zero-order valence-corrected chi connectivity index (χ0v) is 16.5. The smallest absolute Gasteiger partial charge is 0.352 e. The van der Waals surface area contributed by atoms with Gasteiger partial charge >= 0.3 is 6.18 Å². The van der Waals surface area contributed by atoms with E-state index in [1.165, 1.54) is 12.1 Å². The summed E-state index contributed by atoms with van der Waals surface area (Å²) in [7, 11) is 1.56. The lowest BCUT2D eigenvalue weighted by Crippen LogP contribution is -2.44. The molecule has 0 fully saturated rings. The molecule has 0 atom stereocenters. The number of hydrogen-bond acceptors (Lipinski definition) is 2. The molecule has 0 aromatic heterocycles. The summed E-state index contributed by atoms with van der Waals surface area (Å²) in [5.74, 6) is 0.322. The van der Waals surface area contributed by atoms with E-state index in [1.54, 1.807) is 11.9 Å². The molecule has 0 spiro atoms. The number of alkyl halides is 3. The van der Waals surface area contributed by atoms with Crippen LogP contribution in [-0.2, 0) is 24.1 Å². The number of amides is 1. The fourth-order valence-corrected chi connectivity index (χ4v) is 2.67. The van der Waals surface area contributed by atoms with Crippen molar-refractivity contribution in [3.63, 3.8) is 0 Å². The monoisotopic (exact) mass is 406 g/mol. The van der Waals surface area contributed by atoms with Gasteiger partial charge in [0, 0.05) is 26.7 Å². The highest BCUT2D eigenvalue weighted by atomic mass is 19.4. The Morgan fingerprint density at radius 3 is 2.21 bits per heavy atom. The molecule has 0 saturated heterocycles. The van der Waals surface area contributed by atoms with Crippen LogP contribution in [0.2, 0.25) is 0 Å². The topological polar surface area (TPSA) is 56.7 Å². The van der Waals surface area contributed by atoms with E-state index < -0.39 is 11.7 Å². The molecule has 0 heterocycles. The summed E-state index contributed by atoms with van der Waals surface area (Å²) in [6, 6.07) is 14.6. The first-order valence-electron chi connectivity index (χ1n) is 9.25. The number of halogens is 3. The van der Waals surface area contributed by atoms with E-state index in [1.807, 2.05) is 37.3 Å². The number of rotatable bonds is 7. The second kappa shape index (κ2) is 10.5. The molecule has 8 heteroatoms. The highest BCUT2D eigenvalue weighted by molar-refractivity contribution is 5.86. The summed E-state index contributed by atoms with van der Waals surface area (Å²) in [6.45, 7) is 3.36. The zero-order chi connectivity index (χ0) is 21.3. The van der Waals surface area contributed by atoms with Crippen LogP contribution >= 0.6 is 0 Å². The first-order chi connectivity index (χ1) is 13.8. The number of nitrogens with zero attached hydrogens (tertiary/aromatic N) is 2. The molecule has 0 aliphatic rings. The number of likely N-dealkylation sites (N-methyl/N-ethyl adjacent to an activating group) is 1. The van der Waals surface area contributed by atoms with Crippen molar-refractivity contribution in [3.05, 3.63) is 71.3 Å². The lowest BCUT2D eigenvalue weighted by molar-refractivity contribution is -0.137. The van der Waals surface area contributed by atoms with Crippen LogP contribution in [0.5, 0.6) is 0 Å². The van der Waals surface area contributed by atoms with E-state index in [0.29, 0.717) is 24.6 Å². The third kappa shape index (κ3) is 7.14. The fraction of sp³-hybridized carbons (Fsp3) is 0.333. The molecule has 2 aromatic rings. The molecule has 5 nitrogen and oxygen atoms in total. The number of aliphatic imine (C=N–C) groups is 1. The number of nitrogens with one attached hydrogen (secondary N) is 2. The molecule has 2 aromatic carbocycles. The first-order valence-corrected chi connectivity index (χ1v) is 9.25. The molecule has 2 N–H and O–H groups in total. The second-order valence-corrected chi connectivity index (χ2v) is 6.37. The largest absolute Gasteiger partial charge is 0.416 e. The van der Waals surface area contributed by atoms with Crippen molar-refractivity contribution in [3.8, 4) is 0 Å². The van der Waals surface area contributed by atoms with E-state index in [9.17, 15) is 18.0 Å². The van der Waals surface area contributed by atoms with Crippen LogP contribution in [0, 0.1) is 0 Å². The van der Waals surface area contributed by atoms with Gasteiger partial charge in [0.1, 0.15) is 0 Å². The molecule has 0 aliphatic carbocycles. The fourth-order valence-electron chi connectivity index (χ4n) is 2.67. The van der Waals surface area contributed by atoms with Gasteiger partial charge in [-0.25, -0.2) is 0 Å². The normalized spacial score (nSPS) is 11.8.